The van der Waals surface area contributed by atoms with Gasteiger partial charge in [-0.15, -0.1) is 12.4 Å². The first-order valence-electron chi connectivity index (χ1n) is 4.77. The highest BCUT2D eigenvalue weighted by molar-refractivity contribution is 5.85. The Labute approximate surface area is 86.0 Å². The Morgan fingerprint density at radius 2 is 2.15 bits per heavy atom. The van der Waals surface area contributed by atoms with Crippen LogP contribution in [0, 0.1) is 5.92 Å². The predicted octanol–water partition coefficient (Wildman–Crippen LogP) is 0.742. The van der Waals surface area contributed by atoms with Crippen LogP contribution in [0.4, 0.5) is 0 Å². The fourth-order valence-electron chi connectivity index (χ4n) is 1.96. The Kier molecular flexibility index (Phi) is 3.57. The lowest BCUT2D eigenvalue weighted by Gasteiger charge is -2.20. The highest BCUT2D eigenvalue weighted by Crippen LogP contribution is 2.22. The summed E-state index contributed by atoms with van der Waals surface area (Å²) in [5.74, 6) is 0.673. The van der Waals surface area contributed by atoms with Gasteiger partial charge in [-0.2, -0.15) is 0 Å². The number of rotatable bonds is 1. The van der Waals surface area contributed by atoms with E-state index in [2.05, 4.69) is 24.5 Å². The smallest absolute Gasteiger partial charge is 0.112 e. The minimum atomic E-state index is 0. The quantitative estimate of drug-likeness (QED) is 0.664. The summed E-state index contributed by atoms with van der Waals surface area (Å²) < 4.78 is 5.70. The summed E-state index contributed by atoms with van der Waals surface area (Å²) in [7, 11) is 0. The van der Waals surface area contributed by atoms with Crippen LogP contribution in [-0.4, -0.2) is 31.5 Å². The summed E-state index contributed by atoms with van der Waals surface area (Å²) in [6.07, 6.45) is 1.53. The van der Waals surface area contributed by atoms with Crippen molar-refractivity contribution in [3.05, 3.63) is 0 Å². The molecule has 2 atom stereocenters. The molecule has 0 saturated carbocycles. The van der Waals surface area contributed by atoms with Crippen molar-refractivity contribution in [1.82, 2.24) is 10.6 Å². The molecular weight excluding hydrogens is 188 g/mol. The SMILES string of the molecule is CC1(C)COC(C2CCNC2)N1.Cl. The van der Waals surface area contributed by atoms with Crippen molar-refractivity contribution in [3.63, 3.8) is 0 Å². The number of nitrogens with one attached hydrogen (secondary N) is 2. The van der Waals surface area contributed by atoms with Gasteiger partial charge in [-0.05, 0) is 26.8 Å². The molecule has 0 aromatic carbocycles. The van der Waals surface area contributed by atoms with Gasteiger partial charge in [0.05, 0.1) is 6.61 Å². The van der Waals surface area contributed by atoms with Gasteiger partial charge in [0.25, 0.3) is 0 Å². The highest BCUT2D eigenvalue weighted by Gasteiger charge is 2.36. The first-order chi connectivity index (χ1) is 5.67. The number of halogens is 1. The van der Waals surface area contributed by atoms with Crippen LogP contribution in [0.2, 0.25) is 0 Å². The van der Waals surface area contributed by atoms with Crippen molar-refractivity contribution in [1.29, 1.82) is 0 Å². The summed E-state index contributed by atoms with van der Waals surface area (Å²) >= 11 is 0. The van der Waals surface area contributed by atoms with E-state index in [0.29, 0.717) is 5.92 Å². The lowest BCUT2D eigenvalue weighted by molar-refractivity contribution is 0.0579. The van der Waals surface area contributed by atoms with Crippen LogP contribution in [0.5, 0.6) is 0 Å². The zero-order valence-corrected chi connectivity index (χ0v) is 9.12. The van der Waals surface area contributed by atoms with Gasteiger partial charge in [0.2, 0.25) is 0 Å². The summed E-state index contributed by atoms with van der Waals surface area (Å²) in [5.41, 5.74) is 0.174. The highest BCUT2D eigenvalue weighted by atomic mass is 35.5. The Bertz CT molecular complexity index is 169. The third kappa shape index (κ3) is 2.56. The second-order valence-corrected chi connectivity index (χ2v) is 4.51. The summed E-state index contributed by atoms with van der Waals surface area (Å²) in [6.45, 7) is 7.47. The first-order valence-corrected chi connectivity index (χ1v) is 4.77. The van der Waals surface area contributed by atoms with E-state index in [1.165, 1.54) is 6.42 Å². The third-order valence-electron chi connectivity index (χ3n) is 2.68. The fourth-order valence-corrected chi connectivity index (χ4v) is 1.96. The van der Waals surface area contributed by atoms with Gasteiger partial charge in [-0.1, -0.05) is 0 Å². The van der Waals surface area contributed by atoms with E-state index in [-0.39, 0.29) is 24.2 Å². The molecule has 2 N–H and O–H groups in total. The van der Waals surface area contributed by atoms with Crippen LogP contribution in [0.1, 0.15) is 20.3 Å². The Morgan fingerprint density at radius 1 is 1.38 bits per heavy atom. The molecule has 2 rings (SSSR count). The third-order valence-corrected chi connectivity index (χ3v) is 2.68. The van der Waals surface area contributed by atoms with E-state index in [1.807, 2.05) is 0 Å². The second-order valence-electron chi connectivity index (χ2n) is 4.51. The van der Waals surface area contributed by atoms with Crippen LogP contribution in [0.3, 0.4) is 0 Å². The predicted molar refractivity (Wildman–Crippen MR) is 55.2 cm³/mol. The average molecular weight is 207 g/mol. The first kappa shape index (κ1) is 11.2. The topological polar surface area (TPSA) is 33.3 Å². The Morgan fingerprint density at radius 3 is 2.62 bits per heavy atom. The van der Waals surface area contributed by atoms with Gasteiger partial charge in [-0.3, -0.25) is 5.32 Å². The molecule has 0 aromatic heterocycles. The maximum absolute atomic E-state index is 5.70. The van der Waals surface area contributed by atoms with E-state index in [9.17, 15) is 0 Å². The maximum Gasteiger partial charge on any atom is 0.112 e. The van der Waals surface area contributed by atoms with Gasteiger partial charge in [0.15, 0.2) is 0 Å². The van der Waals surface area contributed by atoms with Crippen molar-refractivity contribution < 1.29 is 4.74 Å². The van der Waals surface area contributed by atoms with E-state index in [4.69, 9.17) is 4.74 Å². The van der Waals surface area contributed by atoms with E-state index in [0.717, 1.165) is 19.7 Å². The molecule has 2 fully saturated rings. The molecule has 2 unspecified atom stereocenters. The lowest BCUT2D eigenvalue weighted by atomic mass is 10.1. The molecule has 0 radical (unpaired) electrons. The standard InChI is InChI=1S/C9H18N2O.ClH/c1-9(2)6-12-8(11-9)7-3-4-10-5-7;/h7-8,10-11H,3-6H2,1-2H3;1H. The lowest BCUT2D eigenvalue weighted by Crippen LogP contribution is -2.42. The van der Waals surface area contributed by atoms with E-state index >= 15 is 0 Å². The fraction of sp³-hybridized carbons (Fsp3) is 1.00. The largest absolute Gasteiger partial charge is 0.361 e. The minimum absolute atomic E-state index is 0. The minimum Gasteiger partial charge on any atom is -0.361 e. The molecule has 3 nitrogen and oxygen atoms in total. The Balaban J connectivity index is 0.000000845. The van der Waals surface area contributed by atoms with Crippen LogP contribution in [0.15, 0.2) is 0 Å². The molecule has 4 heteroatoms. The van der Waals surface area contributed by atoms with E-state index in [1.54, 1.807) is 0 Å². The molecule has 13 heavy (non-hydrogen) atoms. The van der Waals surface area contributed by atoms with Crippen LogP contribution >= 0.6 is 12.4 Å². The molecule has 2 aliphatic heterocycles. The van der Waals surface area contributed by atoms with Crippen LogP contribution in [-0.2, 0) is 4.74 Å². The monoisotopic (exact) mass is 206 g/mol. The van der Waals surface area contributed by atoms with Gasteiger partial charge in [0, 0.05) is 18.0 Å². The summed E-state index contributed by atoms with van der Waals surface area (Å²) in [5, 5.41) is 6.87. The van der Waals surface area contributed by atoms with Gasteiger partial charge in [-0.25, -0.2) is 0 Å². The van der Waals surface area contributed by atoms with Crippen molar-refractivity contribution >= 4 is 12.4 Å². The normalized spacial score (nSPS) is 37.4. The molecule has 0 bridgehead atoms. The van der Waals surface area contributed by atoms with Crippen molar-refractivity contribution in [2.45, 2.75) is 32.0 Å². The van der Waals surface area contributed by atoms with Gasteiger partial charge >= 0.3 is 0 Å². The van der Waals surface area contributed by atoms with Crippen LogP contribution < -0.4 is 10.6 Å². The molecule has 78 valence electrons. The Hall–Kier alpha value is 0.170. The van der Waals surface area contributed by atoms with Crippen molar-refractivity contribution in [3.8, 4) is 0 Å². The van der Waals surface area contributed by atoms with Gasteiger partial charge < -0.3 is 10.1 Å². The van der Waals surface area contributed by atoms with Crippen molar-refractivity contribution in [2.24, 2.45) is 5.92 Å². The zero-order chi connectivity index (χ0) is 8.60. The molecule has 2 saturated heterocycles. The molecule has 0 aromatic rings. The number of hydrogen-bond acceptors (Lipinski definition) is 3. The van der Waals surface area contributed by atoms with E-state index < -0.39 is 0 Å². The maximum atomic E-state index is 5.70. The molecule has 0 amide bonds. The summed E-state index contributed by atoms with van der Waals surface area (Å²) in [4.78, 5) is 0. The zero-order valence-electron chi connectivity index (χ0n) is 8.30. The van der Waals surface area contributed by atoms with Gasteiger partial charge in [0.1, 0.15) is 6.23 Å². The number of hydrogen-bond donors (Lipinski definition) is 2. The average Bonchev–Trinajstić information content (AvgIpc) is 2.55. The molecule has 2 aliphatic rings. The van der Waals surface area contributed by atoms with Crippen molar-refractivity contribution in [2.75, 3.05) is 19.7 Å². The molecule has 0 aliphatic carbocycles. The van der Waals surface area contributed by atoms with Crippen LogP contribution in [0.25, 0.3) is 0 Å². The molecule has 2 heterocycles. The number of ether oxygens (including phenoxy) is 1. The summed E-state index contributed by atoms with van der Waals surface area (Å²) in [6, 6.07) is 0. The molecular formula is C9H19ClN2O. The molecule has 0 spiro atoms. The second kappa shape index (κ2) is 4.13.